The molecule has 2 N–H and O–H groups in total. The van der Waals surface area contributed by atoms with Crippen LogP contribution in [-0.4, -0.2) is 55.0 Å². The van der Waals surface area contributed by atoms with Crippen LogP contribution in [0.3, 0.4) is 0 Å². The van der Waals surface area contributed by atoms with Gasteiger partial charge in [-0.2, -0.15) is 0 Å². The standard InChI is InChI=1S/C11H20N2O3/c14-7-10-8-16-11(15)13(10)6-3-9-1-4-12-5-2-9/h9-10,12,14H,1-8H2/t10-/m1/s1. The highest BCUT2D eigenvalue weighted by atomic mass is 16.6. The van der Waals surface area contributed by atoms with E-state index in [0.29, 0.717) is 19.1 Å². The Morgan fingerprint density at radius 2 is 2.19 bits per heavy atom. The number of ether oxygens (including phenoxy) is 1. The quantitative estimate of drug-likeness (QED) is 0.721. The smallest absolute Gasteiger partial charge is 0.410 e. The Morgan fingerprint density at radius 1 is 1.44 bits per heavy atom. The SMILES string of the molecule is O=C1OC[C@@H](CO)N1CCC1CCNCC1. The molecule has 0 aliphatic carbocycles. The van der Waals surface area contributed by atoms with Crippen LogP contribution in [0.5, 0.6) is 0 Å². The van der Waals surface area contributed by atoms with Crippen LogP contribution in [0.25, 0.3) is 0 Å². The Morgan fingerprint density at radius 3 is 2.88 bits per heavy atom. The summed E-state index contributed by atoms with van der Waals surface area (Å²) in [5, 5.41) is 12.4. The molecule has 0 saturated carbocycles. The third-order valence-electron chi connectivity index (χ3n) is 3.52. The lowest BCUT2D eigenvalue weighted by Crippen LogP contribution is -2.38. The van der Waals surface area contributed by atoms with Gasteiger partial charge < -0.3 is 15.2 Å². The first-order valence-corrected chi connectivity index (χ1v) is 6.06. The second-order valence-electron chi connectivity index (χ2n) is 4.59. The number of carbonyl (C=O) groups excluding carboxylic acids is 1. The normalized spacial score (nSPS) is 27.2. The van der Waals surface area contributed by atoms with E-state index in [9.17, 15) is 4.79 Å². The van der Waals surface area contributed by atoms with Crippen LogP contribution in [-0.2, 0) is 4.74 Å². The van der Waals surface area contributed by atoms with E-state index in [1.54, 1.807) is 4.90 Å². The zero-order valence-electron chi connectivity index (χ0n) is 9.52. The summed E-state index contributed by atoms with van der Waals surface area (Å²) in [6.45, 7) is 3.21. The van der Waals surface area contributed by atoms with Crippen molar-refractivity contribution in [1.29, 1.82) is 0 Å². The number of hydrogen-bond donors (Lipinski definition) is 2. The molecular formula is C11H20N2O3. The third kappa shape index (κ3) is 2.65. The average Bonchev–Trinajstić information content (AvgIpc) is 2.69. The molecule has 2 saturated heterocycles. The van der Waals surface area contributed by atoms with Gasteiger partial charge in [-0.3, -0.25) is 4.90 Å². The summed E-state index contributed by atoms with van der Waals surface area (Å²) in [5.74, 6) is 0.703. The fourth-order valence-corrected chi connectivity index (χ4v) is 2.41. The molecule has 0 aromatic carbocycles. The van der Waals surface area contributed by atoms with Crippen LogP contribution in [0, 0.1) is 5.92 Å². The summed E-state index contributed by atoms with van der Waals surface area (Å²) >= 11 is 0. The van der Waals surface area contributed by atoms with E-state index in [1.165, 1.54) is 12.8 Å². The van der Waals surface area contributed by atoms with Gasteiger partial charge in [-0.1, -0.05) is 0 Å². The highest BCUT2D eigenvalue weighted by Crippen LogP contribution is 2.19. The Bertz CT molecular complexity index is 241. The van der Waals surface area contributed by atoms with E-state index in [2.05, 4.69) is 5.32 Å². The first kappa shape index (κ1) is 11.7. The Balaban J connectivity index is 1.77. The number of nitrogens with zero attached hydrogens (tertiary/aromatic N) is 1. The first-order valence-electron chi connectivity index (χ1n) is 6.06. The van der Waals surface area contributed by atoms with Gasteiger partial charge >= 0.3 is 6.09 Å². The minimum absolute atomic E-state index is 0.00202. The van der Waals surface area contributed by atoms with Gasteiger partial charge in [0.1, 0.15) is 6.61 Å². The van der Waals surface area contributed by atoms with Crippen molar-refractivity contribution < 1.29 is 14.6 Å². The second-order valence-corrected chi connectivity index (χ2v) is 4.59. The van der Waals surface area contributed by atoms with Crippen LogP contribution in [0.15, 0.2) is 0 Å². The lowest BCUT2D eigenvalue weighted by atomic mass is 9.94. The molecule has 2 heterocycles. The van der Waals surface area contributed by atoms with Crippen molar-refractivity contribution in [2.45, 2.75) is 25.3 Å². The average molecular weight is 228 g/mol. The molecule has 2 fully saturated rings. The number of piperidine rings is 1. The number of carbonyl (C=O) groups is 1. The molecule has 0 unspecified atom stereocenters. The van der Waals surface area contributed by atoms with Crippen molar-refractivity contribution in [2.24, 2.45) is 5.92 Å². The molecule has 1 amide bonds. The third-order valence-corrected chi connectivity index (χ3v) is 3.52. The van der Waals surface area contributed by atoms with E-state index >= 15 is 0 Å². The number of aliphatic hydroxyl groups excluding tert-OH is 1. The van der Waals surface area contributed by atoms with Gasteiger partial charge in [0.25, 0.3) is 0 Å². The van der Waals surface area contributed by atoms with E-state index in [4.69, 9.17) is 9.84 Å². The predicted octanol–water partition coefficient (Wildman–Crippen LogP) is 0.189. The monoisotopic (exact) mass is 228 g/mol. The van der Waals surface area contributed by atoms with E-state index in [-0.39, 0.29) is 18.7 Å². The molecule has 0 spiro atoms. The van der Waals surface area contributed by atoms with Crippen LogP contribution >= 0.6 is 0 Å². The molecule has 0 radical (unpaired) electrons. The lowest BCUT2D eigenvalue weighted by Gasteiger charge is -2.26. The summed E-state index contributed by atoms with van der Waals surface area (Å²) in [4.78, 5) is 13.1. The number of aliphatic hydroxyl groups is 1. The van der Waals surface area contributed by atoms with Crippen molar-refractivity contribution in [3.8, 4) is 0 Å². The van der Waals surface area contributed by atoms with Gasteiger partial charge in [0.15, 0.2) is 0 Å². The molecule has 2 aliphatic heterocycles. The van der Waals surface area contributed by atoms with Crippen molar-refractivity contribution in [2.75, 3.05) is 32.8 Å². The fraction of sp³-hybridized carbons (Fsp3) is 0.909. The number of rotatable bonds is 4. The van der Waals surface area contributed by atoms with Crippen LogP contribution in [0.4, 0.5) is 4.79 Å². The number of hydrogen-bond acceptors (Lipinski definition) is 4. The van der Waals surface area contributed by atoms with Gasteiger partial charge in [-0.15, -0.1) is 0 Å². The molecule has 0 aromatic heterocycles. The molecule has 2 aliphatic rings. The Hall–Kier alpha value is -0.810. The topological polar surface area (TPSA) is 61.8 Å². The minimum atomic E-state index is -0.270. The van der Waals surface area contributed by atoms with Gasteiger partial charge in [-0.25, -0.2) is 4.79 Å². The number of amides is 1. The summed E-state index contributed by atoms with van der Waals surface area (Å²) in [6, 6.07) is -0.130. The summed E-state index contributed by atoms with van der Waals surface area (Å²) in [7, 11) is 0. The molecule has 0 bridgehead atoms. The van der Waals surface area contributed by atoms with Crippen LogP contribution in [0.2, 0.25) is 0 Å². The second kappa shape index (κ2) is 5.50. The van der Waals surface area contributed by atoms with Gasteiger partial charge in [-0.05, 0) is 38.3 Å². The molecule has 5 nitrogen and oxygen atoms in total. The first-order chi connectivity index (χ1) is 7.81. The lowest BCUT2D eigenvalue weighted by molar-refractivity contribution is 0.148. The van der Waals surface area contributed by atoms with Crippen LogP contribution < -0.4 is 5.32 Å². The summed E-state index contributed by atoms with van der Waals surface area (Å²) < 4.78 is 4.92. The zero-order valence-corrected chi connectivity index (χ0v) is 9.52. The van der Waals surface area contributed by atoms with Crippen molar-refractivity contribution >= 4 is 6.09 Å². The highest BCUT2D eigenvalue weighted by molar-refractivity contribution is 5.70. The van der Waals surface area contributed by atoms with E-state index < -0.39 is 0 Å². The summed E-state index contributed by atoms with van der Waals surface area (Å²) in [5.41, 5.74) is 0. The molecule has 92 valence electrons. The van der Waals surface area contributed by atoms with Crippen molar-refractivity contribution in [3.05, 3.63) is 0 Å². The predicted molar refractivity (Wildman–Crippen MR) is 59.1 cm³/mol. The fourth-order valence-electron chi connectivity index (χ4n) is 2.41. The maximum Gasteiger partial charge on any atom is 0.410 e. The molecular weight excluding hydrogens is 208 g/mol. The van der Waals surface area contributed by atoms with Gasteiger partial charge in [0.2, 0.25) is 0 Å². The zero-order chi connectivity index (χ0) is 11.4. The van der Waals surface area contributed by atoms with Crippen LogP contribution in [0.1, 0.15) is 19.3 Å². The molecule has 5 heteroatoms. The number of cyclic esters (lactones) is 1. The summed E-state index contributed by atoms with van der Waals surface area (Å²) in [6.07, 6.45) is 3.13. The maximum absolute atomic E-state index is 11.4. The highest BCUT2D eigenvalue weighted by Gasteiger charge is 2.32. The molecule has 1 atom stereocenters. The molecule has 2 rings (SSSR count). The Labute approximate surface area is 95.8 Å². The van der Waals surface area contributed by atoms with E-state index in [1.807, 2.05) is 0 Å². The molecule has 0 aromatic rings. The maximum atomic E-state index is 11.4. The molecule has 16 heavy (non-hydrogen) atoms. The van der Waals surface area contributed by atoms with Crippen molar-refractivity contribution in [1.82, 2.24) is 10.2 Å². The number of nitrogens with one attached hydrogen (secondary N) is 1. The largest absolute Gasteiger partial charge is 0.447 e. The Kier molecular flexibility index (Phi) is 4.01. The van der Waals surface area contributed by atoms with E-state index in [0.717, 1.165) is 19.5 Å². The van der Waals surface area contributed by atoms with Gasteiger partial charge in [0, 0.05) is 6.54 Å². The van der Waals surface area contributed by atoms with Gasteiger partial charge in [0.05, 0.1) is 12.6 Å². The minimum Gasteiger partial charge on any atom is -0.447 e. The van der Waals surface area contributed by atoms with Crippen molar-refractivity contribution in [3.63, 3.8) is 0 Å².